The number of likely N-dealkylation sites (N-methyl/N-ethyl adjacent to an activating group) is 1. The number of hydrogen-bond acceptors (Lipinski definition) is 5. The molecule has 0 saturated heterocycles. The van der Waals surface area contributed by atoms with E-state index in [4.69, 9.17) is 4.74 Å². The molecule has 0 atom stereocenters. The number of carbonyl (C=O) groups excluding carboxylic acids is 1. The van der Waals surface area contributed by atoms with Crippen LogP contribution in [0.15, 0.2) is 42.6 Å². The number of amides is 1. The first-order chi connectivity index (χ1) is 11.1. The maximum absolute atomic E-state index is 12.3. The van der Waals surface area contributed by atoms with Crippen LogP contribution in [0.2, 0.25) is 0 Å². The van der Waals surface area contributed by atoms with E-state index in [1.165, 1.54) is 0 Å². The zero-order chi connectivity index (χ0) is 16.7. The molecular weight excluding hydrogens is 292 g/mol. The fourth-order valence-corrected chi connectivity index (χ4v) is 1.96. The number of ether oxygens (including phenoxy) is 1. The Morgan fingerprint density at radius 1 is 1.17 bits per heavy atom. The summed E-state index contributed by atoms with van der Waals surface area (Å²) in [6.07, 6.45) is 1.63. The van der Waals surface area contributed by atoms with Crippen molar-refractivity contribution in [3.05, 3.63) is 48.3 Å². The molecule has 0 aliphatic heterocycles. The standard InChI is InChI=1S/C17H22N4O2/c1-21(2)11-10-18-14-8-9-19-16(12-14)17(22)20-13-4-6-15(23-3)7-5-13/h4-9,12H,10-11H2,1-3H3,(H,18,19)(H,20,22). The van der Waals surface area contributed by atoms with Crippen LogP contribution in [0.1, 0.15) is 10.5 Å². The third kappa shape index (κ3) is 5.27. The first-order valence-corrected chi connectivity index (χ1v) is 7.38. The van der Waals surface area contributed by atoms with Crippen molar-refractivity contribution in [3.63, 3.8) is 0 Å². The Balaban J connectivity index is 1.98. The van der Waals surface area contributed by atoms with Gasteiger partial charge in [0.1, 0.15) is 11.4 Å². The topological polar surface area (TPSA) is 66.5 Å². The quantitative estimate of drug-likeness (QED) is 0.821. The van der Waals surface area contributed by atoms with E-state index in [2.05, 4.69) is 20.5 Å². The number of pyridine rings is 1. The first kappa shape index (κ1) is 16.8. The average molecular weight is 314 g/mol. The van der Waals surface area contributed by atoms with Crippen molar-refractivity contribution in [2.24, 2.45) is 0 Å². The van der Waals surface area contributed by atoms with Crippen LogP contribution in [0.25, 0.3) is 0 Å². The fraction of sp³-hybridized carbons (Fsp3) is 0.294. The number of rotatable bonds is 7. The zero-order valence-corrected chi connectivity index (χ0v) is 13.7. The summed E-state index contributed by atoms with van der Waals surface area (Å²) >= 11 is 0. The Hall–Kier alpha value is -2.60. The Labute approximate surface area is 136 Å². The van der Waals surface area contributed by atoms with E-state index in [0.29, 0.717) is 11.4 Å². The third-order valence-electron chi connectivity index (χ3n) is 3.23. The highest BCUT2D eigenvalue weighted by Gasteiger charge is 2.08. The summed E-state index contributed by atoms with van der Waals surface area (Å²) in [6, 6.07) is 10.8. The van der Waals surface area contributed by atoms with Crippen LogP contribution in [-0.2, 0) is 0 Å². The summed E-state index contributed by atoms with van der Waals surface area (Å²) in [5.41, 5.74) is 1.95. The molecule has 2 aromatic rings. The minimum atomic E-state index is -0.244. The van der Waals surface area contributed by atoms with Gasteiger partial charge in [-0.05, 0) is 50.5 Å². The second kappa shape index (κ2) is 8.14. The molecule has 2 N–H and O–H groups in total. The Morgan fingerprint density at radius 2 is 1.91 bits per heavy atom. The van der Waals surface area contributed by atoms with Crippen molar-refractivity contribution in [1.29, 1.82) is 0 Å². The van der Waals surface area contributed by atoms with Crippen molar-refractivity contribution in [2.45, 2.75) is 0 Å². The van der Waals surface area contributed by atoms with Gasteiger partial charge in [-0.1, -0.05) is 0 Å². The average Bonchev–Trinajstić information content (AvgIpc) is 2.55. The van der Waals surface area contributed by atoms with E-state index in [9.17, 15) is 4.79 Å². The molecule has 0 radical (unpaired) electrons. The highest BCUT2D eigenvalue weighted by atomic mass is 16.5. The highest BCUT2D eigenvalue weighted by molar-refractivity contribution is 6.03. The molecule has 0 aliphatic rings. The number of nitrogens with zero attached hydrogens (tertiary/aromatic N) is 2. The first-order valence-electron chi connectivity index (χ1n) is 7.38. The zero-order valence-electron chi connectivity index (χ0n) is 13.7. The van der Waals surface area contributed by atoms with Crippen LogP contribution < -0.4 is 15.4 Å². The van der Waals surface area contributed by atoms with Crippen molar-refractivity contribution in [2.75, 3.05) is 44.9 Å². The van der Waals surface area contributed by atoms with Crippen LogP contribution >= 0.6 is 0 Å². The van der Waals surface area contributed by atoms with Gasteiger partial charge in [0.05, 0.1) is 7.11 Å². The lowest BCUT2D eigenvalue weighted by Crippen LogP contribution is -2.21. The van der Waals surface area contributed by atoms with Gasteiger partial charge in [0.2, 0.25) is 0 Å². The van der Waals surface area contributed by atoms with E-state index >= 15 is 0 Å². The summed E-state index contributed by atoms with van der Waals surface area (Å²) in [7, 11) is 5.64. The summed E-state index contributed by atoms with van der Waals surface area (Å²) in [6.45, 7) is 1.71. The molecule has 1 amide bonds. The van der Waals surface area contributed by atoms with Gasteiger partial charge < -0.3 is 20.3 Å². The van der Waals surface area contributed by atoms with Gasteiger partial charge in [-0.15, -0.1) is 0 Å². The molecule has 0 fully saturated rings. The molecule has 1 heterocycles. The predicted octanol–water partition coefficient (Wildman–Crippen LogP) is 2.32. The monoisotopic (exact) mass is 314 g/mol. The van der Waals surface area contributed by atoms with E-state index in [-0.39, 0.29) is 5.91 Å². The molecule has 6 nitrogen and oxygen atoms in total. The molecule has 0 bridgehead atoms. The van der Waals surface area contributed by atoms with Crippen LogP contribution in [0.4, 0.5) is 11.4 Å². The number of benzene rings is 1. The summed E-state index contributed by atoms with van der Waals surface area (Å²) in [5.74, 6) is 0.500. The Kier molecular flexibility index (Phi) is 5.94. The molecule has 6 heteroatoms. The molecule has 23 heavy (non-hydrogen) atoms. The fourth-order valence-electron chi connectivity index (χ4n) is 1.96. The highest BCUT2D eigenvalue weighted by Crippen LogP contribution is 2.16. The van der Waals surface area contributed by atoms with Crippen molar-refractivity contribution < 1.29 is 9.53 Å². The lowest BCUT2D eigenvalue weighted by atomic mass is 10.2. The van der Waals surface area contributed by atoms with Gasteiger partial charge in [-0.3, -0.25) is 9.78 Å². The van der Waals surface area contributed by atoms with Gasteiger partial charge in [0.15, 0.2) is 0 Å². The number of nitrogens with one attached hydrogen (secondary N) is 2. The second-order valence-corrected chi connectivity index (χ2v) is 5.34. The molecular formula is C17H22N4O2. The molecule has 0 saturated carbocycles. The molecule has 1 aromatic heterocycles. The summed E-state index contributed by atoms with van der Waals surface area (Å²) in [4.78, 5) is 18.5. The molecule has 1 aromatic carbocycles. The number of hydrogen-bond donors (Lipinski definition) is 2. The predicted molar refractivity (Wildman–Crippen MR) is 92.2 cm³/mol. The lowest BCUT2D eigenvalue weighted by molar-refractivity contribution is 0.102. The van der Waals surface area contributed by atoms with Gasteiger partial charge in [-0.2, -0.15) is 0 Å². The Bertz CT molecular complexity index is 641. The van der Waals surface area contributed by atoms with Crippen molar-refractivity contribution >= 4 is 17.3 Å². The molecule has 2 rings (SSSR count). The van der Waals surface area contributed by atoms with Crippen molar-refractivity contribution in [1.82, 2.24) is 9.88 Å². The third-order valence-corrected chi connectivity index (χ3v) is 3.23. The maximum Gasteiger partial charge on any atom is 0.274 e. The molecule has 122 valence electrons. The minimum Gasteiger partial charge on any atom is -0.497 e. The maximum atomic E-state index is 12.3. The molecule has 0 spiro atoms. The van der Waals surface area contributed by atoms with Gasteiger partial charge >= 0.3 is 0 Å². The van der Waals surface area contributed by atoms with E-state index < -0.39 is 0 Å². The molecule has 0 aliphatic carbocycles. The Morgan fingerprint density at radius 3 is 2.57 bits per heavy atom. The smallest absolute Gasteiger partial charge is 0.274 e. The van der Waals surface area contributed by atoms with Crippen LogP contribution in [0, 0.1) is 0 Å². The number of carbonyl (C=O) groups is 1. The number of aromatic nitrogens is 1. The minimum absolute atomic E-state index is 0.244. The van der Waals surface area contributed by atoms with Gasteiger partial charge in [0, 0.05) is 30.7 Å². The van der Waals surface area contributed by atoms with Crippen molar-refractivity contribution in [3.8, 4) is 5.75 Å². The van der Waals surface area contributed by atoms with Gasteiger partial charge in [-0.25, -0.2) is 0 Å². The van der Waals surface area contributed by atoms with E-state index in [1.807, 2.05) is 20.2 Å². The molecule has 0 unspecified atom stereocenters. The summed E-state index contributed by atoms with van der Waals surface area (Å²) in [5, 5.41) is 6.09. The largest absolute Gasteiger partial charge is 0.497 e. The summed E-state index contributed by atoms with van der Waals surface area (Å²) < 4.78 is 5.09. The van der Waals surface area contributed by atoms with E-state index in [0.717, 1.165) is 24.5 Å². The van der Waals surface area contributed by atoms with Gasteiger partial charge in [0.25, 0.3) is 5.91 Å². The lowest BCUT2D eigenvalue weighted by Gasteiger charge is -2.12. The second-order valence-electron chi connectivity index (χ2n) is 5.34. The van der Waals surface area contributed by atoms with Crippen LogP contribution in [0.5, 0.6) is 5.75 Å². The van der Waals surface area contributed by atoms with Crippen LogP contribution in [0.3, 0.4) is 0 Å². The SMILES string of the molecule is COc1ccc(NC(=O)c2cc(NCCN(C)C)ccn2)cc1. The number of anilines is 2. The van der Waals surface area contributed by atoms with Crippen LogP contribution in [-0.4, -0.2) is 50.1 Å². The normalized spacial score (nSPS) is 10.4. The number of methoxy groups -OCH3 is 1. The van der Waals surface area contributed by atoms with E-state index in [1.54, 1.807) is 43.6 Å².